The Kier molecular flexibility index (Phi) is 6.30. The van der Waals surface area contributed by atoms with Gasteiger partial charge in [-0.25, -0.2) is 14.2 Å². The maximum atomic E-state index is 15.2. The van der Waals surface area contributed by atoms with E-state index in [0.29, 0.717) is 41.4 Å². The zero-order chi connectivity index (χ0) is 25.5. The van der Waals surface area contributed by atoms with Crippen molar-refractivity contribution in [1.82, 2.24) is 24.6 Å². The molecule has 4 rings (SSSR count). The summed E-state index contributed by atoms with van der Waals surface area (Å²) in [6, 6.07) is 0.615. The van der Waals surface area contributed by atoms with E-state index in [1.807, 2.05) is 0 Å². The van der Waals surface area contributed by atoms with E-state index in [1.54, 1.807) is 17.2 Å². The zero-order valence-corrected chi connectivity index (χ0v) is 19.1. The maximum Gasteiger partial charge on any atom is 0.417 e. The fraction of sp³-hybridized carbons (Fsp3) is 0.429. The van der Waals surface area contributed by atoms with Gasteiger partial charge in [-0.3, -0.25) is 9.89 Å². The number of pyridine rings is 2. The summed E-state index contributed by atoms with van der Waals surface area (Å²) < 4.78 is 60.4. The number of halogens is 4. The average Bonchev–Trinajstić information content (AvgIpc) is 3.23. The minimum atomic E-state index is -4.70. The minimum absolute atomic E-state index is 0.0407. The third-order valence-corrected chi connectivity index (χ3v) is 6.00. The largest absolute Gasteiger partial charge is 0.479 e. The van der Waals surface area contributed by atoms with Crippen LogP contribution in [0, 0.1) is 0 Å². The summed E-state index contributed by atoms with van der Waals surface area (Å²) in [6.45, 7) is 0.350. The van der Waals surface area contributed by atoms with E-state index in [1.165, 1.54) is 14.2 Å². The molecule has 3 aromatic heterocycles. The molecule has 3 aromatic rings. The quantitative estimate of drug-likeness (QED) is 0.537. The van der Waals surface area contributed by atoms with E-state index >= 15 is 4.39 Å². The van der Waals surface area contributed by atoms with E-state index in [2.05, 4.69) is 20.5 Å². The first-order valence-electron chi connectivity index (χ1n) is 10.6. The van der Waals surface area contributed by atoms with E-state index < -0.39 is 41.2 Å². The number of ether oxygens (including phenoxy) is 1. The van der Waals surface area contributed by atoms with Gasteiger partial charge in [-0.1, -0.05) is 0 Å². The van der Waals surface area contributed by atoms with Crippen LogP contribution in [0.3, 0.4) is 0 Å². The molecule has 188 valence electrons. The van der Waals surface area contributed by atoms with E-state index in [0.717, 1.165) is 16.5 Å². The summed E-state index contributed by atoms with van der Waals surface area (Å²) in [6.07, 6.45) is -3.71. The molecule has 1 aliphatic rings. The lowest BCUT2D eigenvalue weighted by molar-refractivity contribution is -0.138. The summed E-state index contributed by atoms with van der Waals surface area (Å²) in [7, 11) is 3.96. The Morgan fingerprint density at radius 2 is 2.09 bits per heavy atom. The van der Waals surface area contributed by atoms with Crippen molar-refractivity contribution in [3.05, 3.63) is 40.4 Å². The normalized spacial score (nSPS) is 18.5. The molecule has 0 aliphatic carbocycles. The molecule has 0 unspecified atom stereocenters. The summed E-state index contributed by atoms with van der Waals surface area (Å²) in [4.78, 5) is 32.0. The van der Waals surface area contributed by atoms with Crippen molar-refractivity contribution < 1.29 is 27.1 Å². The van der Waals surface area contributed by atoms with Crippen LogP contribution in [0.15, 0.2) is 29.3 Å². The van der Waals surface area contributed by atoms with E-state index in [9.17, 15) is 22.8 Å². The third kappa shape index (κ3) is 4.72. The molecule has 1 fully saturated rings. The number of methoxy groups -OCH3 is 1. The second-order valence-corrected chi connectivity index (χ2v) is 8.24. The SMILES string of the molecule is COc1n[nH]c2ncc(N3CC[C@H](N(C)C(=O)Nc4cc(C(F)(F)F)cn(C)c4=O)[C@H](F)C3)cc12. The number of alkyl halides is 4. The number of aromatic amines is 1. The van der Waals surface area contributed by atoms with Crippen LogP contribution >= 0.6 is 0 Å². The number of piperidine rings is 1. The summed E-state index contributed by atoms with van der Waals surface area (Å²) in [5.74, 6) is 0.359. The fourth-order valence-corrected chi connectivity index (χ4v) is 4.07. The number of amides is 2. The monoisotopic (exact) mass is 497 g/mol. The molecule has 4 heterocycles. The summed E-state index contributed by atoms with van der Waals surface area (Å²) >= 11 is 0. The number of nitrogens with one attached hydrogen (secondary N) is 2. The number of hydrogen-bond donors (Lipinski definition) is 2. The molecule has 0 bridgehead atoms. The molecule has 14 heteroatoms. The number of hydrogen-bond acceptors (Lipinski definition) is 6. The number of anilines is 2. The van der Waals surface area contributed by atoms with Gasteiger partial charge in [0.15, 0.2) is 5.65 Å². The average molecular weight is 497 g/mol. The Balaban J connectivity index is 1.46. The molecule has 10 nitrogen and oxygen atoms in total. The first-order valence-corrected chi connectivity index (χ1v) is 10.6. The highest BCUT2D eigenvalue weighted by Crippen LogP contribution is 2.31. The Labute approximate surface area is 196 Å². The Bertz CT molecular complexity index is 1310. The van der Waals surface area contributed by atoms with Crippen LogP contribution in [0.2, 0.25) is 0 Å². The Morgan fingerprint density at radius 1 is 1.34 bits per heavy atom. The highest BCUT2D eigenvalue weighted by molar-refractivity contribution is 5.89. The number of rotatable bonds is 4. The minimum Gasteiger partial charge on any atom is -0.479 e. The van der Waals surface area contributed by atoms with Gasteiger partial charge >= 0.3 is 12.2 Å². The van der Waals surface area contributed by atoms with E-state index in [-0.39, 0.29) is 13.0 Å². The van der Waals surface area contributed by atoms with E-state index in [4.69, 9.17) is 4.74 Å². The van der Waals surface area contributed by atoms with Crippen molar-refractivity contribution in [3.8, 4) is 5.88 Å². The molecule has 2 amide bonds. The van der Waals surface area contributed by atoms with Crippen molar-refractivity contribution in [2.24, 2.45) is 7.05 Å². The van der Waals surface area contributed by atoms with Crippen molar-refractivity contribution in [1.29, 1.82) is 0 Å². The molecule has 2 N–H and O–H groups in total. The molecule has 0 radical (unpaired) electrons. The molecule has 1 aliphatic heterocycles. The first-order chi connectivity index (χ1) is 16.5. The van der Waals surface area contributed by atoms with Crippen LogP contribution in [0.5, 0.6) is 5.88 Å². The number of aryl methyl sites for hydroxylation is 1. The standard InChI is InChI=1S/C21H23F4N7O3/c1-30-9-11(21(23,24)25)6-15(19(30)33)27-20(34)31(2)16-4-5-32(10-14(16)22)12-7-13-17(26-8-12)28-29-18(13)35-3/h6-9,14,16H,4-5,10H2,1-3H3,(H,27,34)(H,26,28,29)/t14-,16+/m1/s1. The summed E-state index contributed by atoms with van der Waals surface area (Å²) in [5, 5.41) is 9.56. The third-order valence-electron chi connectivity index (χ3n) is 6.00. The molecular weight excluding hydrogens is 474 g/mol. The number of aromatic nitrogens is 4. The molecule has 35 heavy (non-hydrogen) atoms. The number of nitrogens with zero attached hydrogens (tertiary/aromatic N) is 5. The zero-order valence-electron chi connectivity index (χ0n) is 19.1. The number of fused-ring (bicyclic) bond motifs is 1. The Hall–Kier alpha value is -3.84. The van der Waals surface area contributed by atoms with Crippen molar-refractivity contribution in [2.45, 2.75) is 24.8 Å². The number of carbonyl (C=O) groups is 1. The second kappa shape index (κ2) is 9.07. The lowest BCUT2D eigenvalue weighted by Gasteiger charge is -2.39. The second-order valence-electron chi connectivity index (χ2n) is 8.24. The predicted molar refractivity (Wildman–Crippen MR) is 119 cm³/mol. The van der Waals surface area contributed by atoms with Gasteiger partial charge in [-0.2, -0.15) is 13.2 Å². The molecule has 1 saturated heterocycles. The van der Waals surface area contributed by atoms with Gasteiger partial charge in [0.2, 0.25) is 5.88 Å². The predicted octanol–water partition coefficient (Wildman–Crippen LogP) is 2.76. The molecule has 0 aromatic carbocycles. The topological polar surface area (TPSA) is 108 Å². The van der Waals surface area contributed by atoms with Gasteiger partial charge in [0, 0.05) is 26.8 Å². The van der Waals surface area contributed by atoms with Gasteiger partial charge in [0.05, 0.1) is 42.5 Å². The Morgan fingerprint density at radius 3 is 2.74 bits per heavy atom. The number of urea groups is 1. The molecule has 2 atom stereocenters. The van der Waals surface area contributed by atoms with Crippen LogP contribution in [0.4, 0.5) is 33.7 Å². The highest BCUT2D eigenvalue weighted by atomic mass is 19.4. The lowest BCUT2D eigenvalue weighted by atomic mass is 10.0. The van der Waals surface area contributed by atoms with Crippen molar-refractivity contribution in [2.75, 3.05) is 37.5 Å². The van der Waals surface area contributed by atoms with Gasteiger partial charge in [0.25, 0.3) is 5.56 Å². The molecule has 0 saturated carbocycles. The molecule has 0 spiro atoms. The smallest absolute Gasteiger partial charge is 0.417 e. The van der Waals surface area contributed by atoms with Crippen LogP contribution in [0.1, 0.15) is 12.0 Å². The van der Waals surface area contributed by atoms with Crippen LogP contribution in [-0.2, 0) is 13.2 Å². The van der Waals surface area contributed by atoms with Gasteiger partial charge in [0.1, 0.15) is 11.9 Å². The van der Waals surface area contributed by atoms with Gasteiger partial charge in [-0.05, 0) is 18.6 Å². The maximum absolute atomic E-state index is 15.2. The highest BCUT2D eigenvalue weighted by Gasteiger charge is 2.36. The lowest BCUT2D eigenvalue weighted by Crippen LogP contribution is -2.54. The van der Waals surface area contributed by atoms with Crippen LogP contribution in [-0.4, -0.2) is 70.1 Å². The van der Waals surface area contributed by atoms with Gasteiger partial charge in [-0.15, -0.1) is 5.10 Å². The summed E-state index contributed by atoms with van der Waals surface area (Å²) in [5.41, 5.74) is -1.27. The number of carbonyl (C=O) groups excluding carboxylic acids is 1. The fourth-order valence-electron chi connectivity index (χ4n) is 4.07. The first kappa shape index (κ1) is 24.3. The molecular formula is C21H23F4N7O3. The van der Waals surface area contributed by atoms with Crippen molar-refractivity contribution >= 4 is 28.4 Å². The number of H-pyrrole nitrogens is 1. The van der Waals surface area contributed by atoms with Crippen molar-refractivity contribution in [3.63, 3.8) is 0 Å². The van der Waals surface area contributed by atoms with Crippen LogP contribution < -0.4 is 20.5 Å². The van der Waals surface area contributed by atoms with Gasteiger partial charge < -0.3 is 24.4 Å². The van der Waals surface area contributed by atoms with Crippen LogP contribution in [0.25, 0.3) is 11.0 Å².